The number of pyridine rings is 1. The molecule has 0 aromatic carbocycles. The lowest BCUT2D eigenvalue weighted by molar-refractivity contribution is -0.141. The Morgan fingerprint density at radius 1 is 1.38 bits per heavy atom. The zero-order valence-corrected chi connectivity index (χ0v) is 14.8. The van der Waals surface area contributed by atoms with Crippen molar-refractivity contribution in [3.63, 3.8) is 0 Å². The standard InChI is InChI=1S/C17H23N3O3S/c1-3-4-5-14(17(22)23)19-16(21)11-24-10-13-9-20-8-12(2)6-7-15(20)18-13/h6-9,14H,3-5,10-11H2,1-2H3,(H,19,21)(H,22,23). The van der Waals surface area contributed by atoms with Gasteiger partial charge in [0.1, 0.15) is 11.7 Å². The van der Waals surface area contributed by atoms with Gasteiger partial charge in [0.05, 0.1) is 11.4 Å². The van der Waals surface area contributed by atoms with Crippen molar-refractivity contribution in [3.05, 3.63) is 35.8 Å². The van der Waals surface area contributed by atoms with Crippen LogP contribution in [0.2, 0.25) is 0 Å². The number of aliphatic carboxylic acids is 1. The minimum absolute atomic E-state index is 0.225. The number of carbonyl (C=O) groups is 2. The molecule has 1 amide bonds. The number of hydrogen-bond donors (Lipinski definition) is 2. The van der Waals surface area contributed by atoms with E-state index < -0.39 is 12.0 Å². The number of hydrogen-bond acceptors (Lipinski definition) is 4. The average Bonchev–Trinajstić information content (AvgIpc) is 2.92. The zero-order chi connectivity index (χ0) is 17.5. The van der Waals surface area contributed by atoms with Crippen LogP contribution < -0.4 is 5.32 Å². The molecular weight excluding hydrogens is 326 g/mol. The van der Waals surface area contributed by atoms with Crippen molar-refractivity contribution in [2.24, 2.45) is 0 Å². The highest BCUT2D eigenvalue weighted by atomic mass is 32.2. The van der Waals surface area contributed by atoms with Crippen molar-refractivity contribution in [2.45, 2.75) is 44.9 Å². The molecule has 0 saturated heterocycles. The first-order chi connectivity index (χ1) is 11.5. The van der Waals surface area contributed by atoms with Crippen LogP contribution in [0.1, 0.15) is 37.4 Å². The van der Waals surface area contributed by atoms with Crippen LogP contribution >= 0.6 is 11.8 Å². The molecule has 0 radical (unpaired) electrons. The molecule has 2 aromatic rings. The number of amides is 1. The summed E-state index contributed by atoms with van der Waals surface area (Å²) in [4.78, 5) is 27.5. The van der Waals surface area contributed by atoms with E-state index >= 15 is 0 Å². The summed E-state index contributed by atoms with van der Waals surface area (Å²) in [6.07, 6.45) is 6.11. The Kier molecular flexibility index (Phi) is 6.66. The lowest BCUT2D eigenvalue weighted by Gasteiger charge is -2.13. The maximum absolute atomic E-state index is 11.9. The summed E-state index contributed by atoms with van der Waals surface area (Å²) in [5, 5.41) is 11.7. The van der Waals surface area contributed by atoms with Crippen LogP contribution in [0.15, 0.2) is 24.5 Å². The molecule has 2 aromatic heterocycles. The molecule has 1 unspecified atom stereocenters. The van der Waals surface area contributed by atoms with Crippen LogP contribution in [0.3, 0.4) is 0 Å². The number of imidazole rings is 1. The van der Waals surface area contributed by atoms with Gasteiger partial charge in [0.2, 0.25) is 5.91 Å². The minimum Gasteiger partial charge on any atom is -0.480 e. The summed E-state index contributed by atoms with van der Waals surface area (Å²) in [6.45, 7) is 4.02. The van der Waals surface area contributed by atoms with Crippen LogP contribution in [-0.4, -0.2) is 38.2 Å². The van der Waals surface area contributed by atoms with Gasteiger partial charge in [-0.3, -0.25) is 4.79 Å². The second-order valence-corrected chi connectivity index (χ2v) is 6.78. The highest BCUT2D eigenvalue weighted by Crippen LogP contribution is 2.14. The van der Waals surface area contributed by atoms with E-state index in [2.05, 4.69) is 10.3 Å². The molecule has 2 rings (SSSR count). The number of fused-ring (bicyclic) bond motifs is 1. The van der Waals surface area contributed by atoms with Gasteiger partial charge >= 0.3 is 5.97 Å². The third-order valence-electron chi connectivity index (χ3n) is 3.61. The summed E-state index contributed by atoms with van der Waals surface area (Å²) < 4.78 is 1.97. The van der Waals surface area contributed by atoms with E-state index in [1.807, 2.05) is 42.8 Å². The second kappa shape index (κ2) is 8.73. The summed E-state index contributed by atoms with van der Waals surface area (Å²) in [7, 11) is 0. The smallest absolute Gasteiger partial charge is 0.326 e. The van der Waals surface area contributed by atoms with Crippen molar-refractivity contribution >= 4 is 29.3 Å². The molecule has 6 nitrogen and oxygen atoms in total. The van der Waals surface area contributed by atoms with Gasteiger partial charge in [-0.2, -0.15) is 0 Å². The molecule has 1 atom stereocenters. The Bertz CT molecular complexity index is 714. The molecule has 130 valence electrons. The number of aryl methyl sites for hydroxylation is 1. The van der Waals surface area contributed by atoms with Crippen LogP contribution in [0.4, 0.5) is 0 Å². The molecule has 7 heteroatoms. The number of carboxylic acids is 1. The van der Waals surface area contributed by atoms with Gasteiger partial charge < -0.3 is 14.8 Å². The summed E-state index contributed by atoms with van der Waals surface area (Å²) in [5.74, 6) is -0.385. The predicted octanol–water partition coefficient (Wildman–Crippen LogP) is 2.64. The number of unbranched alkanes of at least 4 members (excludes halogenated alkanes) is 1. The molecule has 2 heterocycles. The first-order valence-electron chi connectivity index (χ1n) is 8.03. The number of nitrogens with zero attached hydrogens (tertiary/aromatic N) is 2. The van der Waals surface area contributed by atoms with Crippen molar-refractivity contribution in [3.8, 4) is 0 Å². The number of carbonyl (C=O) groups excluding carboxylic acids is 1. The Hall–Kier alpha value is -2.02. The van der Waals surface area contributed by atoms with E-state index in [0.717, 1.165) is 29.7 Å². The number of nitrogens with one attached hydrogen (secondary N) is 1. The quantitative estimate of drug-likeness (QED) is 0.727. The largest absolute Gasteiger partial charge is 0.480 e. The molecule has 0 aliphatic rings. The fourth-order valence-electron chi connectivity index (χ4n) is 2.38. The maximum Gasteiger partial charge on any atom is 0.326 e. The Balaban J connectivity index is 1.81. The van der Waals surface area contributed by atoms with Gasteiger partial charge in [-0.05, 0) is 25.0 Å². The molecular formula is C17H23N3O3S. The van der Waals surface area contributed by atoms with E-state index in [9.17, 15) is 9.59 Å². The van der Waals surface area contributed by atoms with Gasteiger partial charge in [0.15, 0.2) is 0 Å². The Morgan fingerprint density at radius 3 is 2.88 bits per heavy atom. The minimum atomic E-state index is -0.975. The molecule has 0 aliphatic carbocycles. The molecule has 0 fully saturated rings. The molecule has 0 saturated carbocycles. The number of carboxylic acid groups (broad SMARTS) is 1. The van der Waals surface area contributed by atoms with Crippen LogP contribution in [0, 0.1) is 6.92 Å². The Morgan fingerprint density at radius 2 is 2.17 bits per heavy atom. The fraction of sp³-hybridized carbons (Fsp3) is 0.471. The molecule has 24 heavy (non-hydrogen) atoms. The van der Waals surface area contributed by atoms with Crippen molar-refractivity contribution in [1.82, 2.24) is 14.7 Å². The molecule has 0 aliphatic heterocycles. The highest BCUT2D eigenvalue weighted by Gasteiger charge is 2.19. The summed E-state index contributed by atoms with van der Waals surface area (Å²) in [6, 6.07) is 3.17. The first-order valence-corrected chi connectivity index (χ1v) is 9.19. The number of thioether (sulfide) groups is 1. The van der Waals surface area contributed by atoms with E-state index in [1.54, 1.807) is 0 Å². The van der Waals surface area contributed by atoms with Crippen molar-refractivity contribution < 1.29 is 14.7 Å². The highest BCUT2D eigenvalue weighted by molar-refractivity contribution is 7.99. The van der Waals surface area contributed by atoms with Crippen molar-refractivity contribution in [2.75, 3.05) is 5.75 Å². The van der Waals surface area contributed by atoms with Gasteiger partial charge in [-0.15, -0.1) is 11.8 Å². The second-order valence-electron chi connectivity index (χ2n) is 5.80. The Labute approximate surface area is 145 Å². The number of rotatable bonds is 9. The summed E-state index contributed by atoms with van der Waals surface area (Å²) >= 11 is 1.43. The van der Waals surface area contributed by atoms with Gasteiger partial charge in [0.25, 0.3) is 0 Å². The normalized spacial score (nSPS) is 12.2. The van der Waals surface area contributed by atoms with Gasteiger partial charge in [0, 0.05) is 18.1 Å². The zero-order valence-electron chi connectivity index (χ0n) is 14.0. The number of aromatic nitrogens is 2. The van der Waals surface area contributed by atoms with E-state index in [1.165, 1.54) is 11.8 Å². The average molecular weight is 349 g/mol. The van der Waals surface area contributed by atoms with E-state index in [4.69, 9.17) is 5.11 Å². The molecule has 0 bridgehead atoms. The lowest BCUT2D eigenvalue weighted by Crippen LogP contribution is -2.41. The molecule has 0 spiro atoms. The topological polar surface area (TPSA) is 83.7 Å². The summed E-state index contributed by atoms with van der Waals surface area (Å²) in [5.41, 5.74) is 2.94. The molecule has 2 N–H and O–H groups in total. The maximum atomic E-state index is 11.9. The third-order valence-corrected chi connectivity index (χ3v) is 4.58. The van der Waals surface area contributed by atoms with Gasteiger partial charge in [-0.1, -0.05) is 25.8 Å². The third kappa shape index (κ3) is 5.26. The van der Waals surface area contributed by atoms with E-state index in [-0.39, 0.29) is 11.7 Å². The monoisotopic (exact) mass is 349 g/mol. The first kappa shape index (κ1) is 18.3. The predicted molar refractivity (Wildman–Crippen MR) is 95.2 cm³/mol. The van der Waals surface area contributed by atoms with Crippen LogP contribution in [-0.2, 0) is 15.3 Å². The van der Waals surface area contributed by atoms with Crippen molar-refractivity contribution in [1.29, 1.82) is 0 Å². The van der Waals surface area contributed by atoms with Crippen LogP contribution in [0.25, 0.3) is 5.65 Å². The van der Waals surface area contributed by atoms with Crippen LogP contribution in [0.5, 0.6) is 0 Å². The van der Waals surface area contributed by atoms with E-state index in [0.29, 0.717) is 12.2 Å². The SMILES string of the molecule is CCCCC(NC(=O)CSCc1cn2cc(C)ccc2n1)C(=O)O. The van der Waals surface area contributed by atoms with Gasteiger partial charge in [-0.25, -0.2) is 9.78 Å². The fourth-order valence-corrected chi connectivity index (χ4v) is 3.09. The lowest BCUT2D eigenvalue weighted by atomic mass is 10.1.